The van der Waals surface area contributed by atoms with Gasteiger partial charge in [-0.2, -0.15) is 0 Å². The molecule has 5 nitrogen and oxygen atoms in total. The summed E-state index contributed by atoms with van der Waals surface area (Å²) in [5.74, 6) is 3.38. The highest BCUT2D eigenvalue weighted by molar-refractivity contribution is 5.45. The third kappa shape index (κ3) is 4.12. The van der Waals surface area contributed by atoms with Gasteiger partial charge in [0.15, 0.2) is 11.5 Å². The van der Waals surface area contributed by atoms with Gasteiger partial charge in [-0.15, -0.1) is 0 Å². The molecule has 1 saturated heterocycles. The van der Waals surface area contributed by atoms with Gasteiger partial charge in [-0.05, 0) is 67.8 Å². The Labute approximate surface area is 177 Å². The largest absolute Gasteiger partial charge is 0.486 e. The lowest BCUT2D eigenvalue weighted by Crippen LogP contribution is -2.23. The van der Waals surface area contributed by atoms with E-state index in [9.17, 15) is 0 Å². The summed E-state index contributed by atoms with van der Waals surface area (Å²) in [5.41, 5.74) is 3.55. The van der Waals surface area contributed by atoms with E-state index in [0.717, 1.165) is 41.8 Å². The number of likely N-dealkylation sites (tertiary alicyclic amines) is 1. The number of nitrogens with zero attached hydrogens (tertiary/aromatic N) is 2. The molecule has 1 aromatic heterocycles. The summed E-state index contributed by atoms with van der Waals surface area (Å²) in [6.07, 6.45) is 4.15. The molecule has 154 valence electrons. The van der Waals surface area contributed by atoms with E-state index in [4.69, 9.17) is 14.2 Å². The molecular weight excluding hydrogens is 376 g/mol. The Hall–Kier alpha value is -3.05. The highest BCUT2D eigenvalue weighted by Crippen LogP contribution is 2.38. The van der Waals surface area contributed by atoms with Crippen LogP contribution in [0, 0.1) is 6.92 Å². The fourth-order valence-electron chi connectivity index (χ4n) is 4.28. The monoisotopic (exact) mass is 402 g/mol. The number of rotatable bonds is 5. The van der Waals surface area contributed by atoms with Crippen molar-refractivity contribution in [1.29, 1.82) is 0 Å². The molecule has 1 atom stereocenters. The summed E-state index contributed by atoms with van der Waals surface area (Å²) >= 11 is 0. The van der Waals surface area contributed by atoms with Gasteiger partial charge in [0.2, 0.25) is 0 Å². The van der Waals surface area contributed by atoms with E-state index in [1.807, 2.05) is 37.3 Å². The highest BCUT2D eigenvalue weighted by atomic mass is 16.6. The molecule has 3 aromatic rings. The van der Waals surface area contributed by atoms with Crippen molar-refractivity contribution in [2.75, 3.05) is 19.8 Å². The van der Waals surface area contributed by atoms with Gasteiger partial charge in [-0.3, -0.25) is 9.88 Å². The Morgan fingerprint density at radius 3 is 2.63 bits per heavy atom. The minimum absolute atomic E-state index is 0.413. The zero-order valence-corrected chi connectivity index (χ0v) is 17.2. The number of hydrogen-bond donors (Lipinski definition) is 0. The second-order valence-electron chi connectivity index (χ2n) is 7.91. The third-order valence-electron chi connectivity index (χ3n) is 5.73. The van der Waals surface area contributed by atoms with E-state index in [0.29, 0.717) is 19.3 Å². The first-order valence-electron chi connectivity index (χ1n) is 10.6. The lowest BCUT2D eigenvalue weighted by atomic mass is 10.0. The molecule has 1 unspecified atom stereocenters. The normalized spacial score (nSPS) is 18.4. The molecule has 30 heavy (non-hydrogen) atoms. The van der Waals surface area contributed by atoms with Crippen LogP contribution >= 0.6 is 0 Å². The van der Waals surface area contributed by atoms with Crippen molar-refractivity contribution >= 4 is 0 Å². The number of aryl methyl sites for hydroxylation is 1. The van der Waals surface area contributed by atoms with E-state index < -0.39 is 0 Å². The van der Waals surface area contributed by atoms with Crippen LogP contribution in [0.5, 0.6) is 23.0 Å². The second kappa shape index (κ2) is 8.36. The summed E-state index contributed by atoms with van der Waals surface area (Å²) in [5, 5.41) is 0. The van der Waals surface area contributed by atoms with Gasteiger partial charge in [0.05, 0.1) is 0 Å². The minimum atomic E-state index is 0.413. The average Bonchev–Trinajstić information content (AvgIpc) is 3.23. The summed E-state index contributed by atoms with van der Waals surface area (Å²) < 4.78 is 17.4. The summed E-state index contributed by atoms with van der Waals surface area (Å²) in [6.45, 7) is 5.24. The molecule has 0 radical (unpaired) electrons. The quantitative estimate of drug-likeness (QED) is 0.580. The standard InChI is InChI=1S/C25H26N2O3/c1-18-15-22(10-11-26-18)30-21-7-4-19(5-8-21)17-27-12-2-3-23(27)20-6-9-24-25(16-20)29-14-13-28-24/h4-11,15-16,23H,2-3,12-14,17H2,1H3. The van der Waals surface area contributed by atoms with Gasteiger partial charge >= 0.3 is 0 Å². The second-order valence-corrected chi connectivity index (χ2v) is 7.91. The van der Waals surface area contributed by atoms with Crippen LogP contribution in [-0.4, -0.2) is 29.6 Å². The van der Waals surface area contributed by atoms with Crippen LogP contribution in [0.25, 0.3) is 0 Å². The van der Waals surface area contributed by atoms with Crippen molar-refractivity contribution in [3.63, 3.8) is 0 Å². The maximum Gasteiger partial charge on any atom is 0.161 e. The van der Waals surface area contributed by atoms with Gasteiger partial charge in [-0.1, -0.05) is 18.2 Å². The van der Waals surface area contributed by atoms with Crippen molar-refractivity contribution < 1.29 is 14.2 Å². The van der Waals surface area contributed by atoms with Crippen molar-refractivity contribution in [3.05, 3.63) is 77.6 Å². The van der Waals surface area contributed by atoms with Crippen molar-refractivity contribution in [2.24, 2.45) is 0 Å². The van der Waals surface area contributed by atoms with Crippen LogP contribution in [0.15, 0.2) is 60.8 Å². The predicted octanol–water partition coefficient (Wildman–Crippen LogP) is 5.29. The smallest absolute Gasteiger partial charge is 0.161 e. The van der Waals surface area contributed by atoms with Crippen LogP contribution in [0.2, 0.25) is 0 Å². The molecule has 0 spiro atoms. The molecule has 1 fully saturated rings. The molecule has 0 saturated carbocycles. The van der Waals surface area contributed by atoms with Crippen molar-refractivity contribution in [1.82, 2.24) is 9.88 Å². The van der Waals surface area contributed by atoms with Crippen LogP contribution in [-0.2, 0) is 6.54 Å². The molecule has 0 amide bonds. The predicted molar refractivity (Wildman–Crippen MR) is 115 cm³/mol. The average molecular weight is 402 g/mol. The van der Waals surface area contributed by atoms with E-state index in [-0.39, 0.29) is 0 Å². The molecule has 3 heterocycles. The fourth-order valence-corrected chi connectivity index (χ4v) is 4.28. The number of ether oxygens (including phenoxy) is 3. The van der Waals surface area contributed by atoms with Crippen molar-refractivity contribution in [2.45, 2.75) is 32.4 Å². The topological polar surface area (TPSA) is 43.8 Å². The summed E-state index contributed by atoms with van der Waals surface area (Å²) in [6, 6.07) is 19.0. The van der Waals surface area contributed by atoms with Crippen LogP contribution in [0.1, 0.15) is 35.7 Å². The Morgan fingerprint density at radius 2 is 1.80 bits per heavy atom. The Morgan fingerprint density at radius 1 is 0.967 bits per heavy atom. The lowest BCUT2D eigenvalue weighted by molar-refractivity contribution is 0.170. The number of benzene rings is 2. The third-order valence-corrected chi connectivity index (χ3v) is 5.73. The van der Waals surface area contributed by atoms with Crippen LogP contribution in [0.4, 0.5) is 0 Å². The highest BCUT2D eigenvalue weighted by Gasteiger charge is 2.27. The number of aromatic nitrogens is 1. The molecular formula is C25H26N2O3. The SMILES string of the molecule is Cc1cc(Oc2ccc(CN3CCCC3c3ccc4c(c3)OCCO4)cc2)ccn1. The van der Waals surface area contributed by atoms with Gasteiger partial charge in [0.1, 0.15) is 24.7 Å². The maximum atomic E-state index is 5.95. The molecule has 0 aliphatic carbocycles. The summed E-state index contributed by atoms with van der Waals surface area (Å²) in [4.78, 5) is 6.76. The minimum Gasteiger partial charge on any atom is -0.486 e. The first-order valence-corrected chi connectivity index (χ1v) is 10.6. The van der Waals surface area contributed by atoms with E-state index in [1.165, 1.54) is 24.0 Å². The molecule has 0 N–H and O–H groups in total. The maximum absolute atomic E-state index is 5.95. The van der Waals surface area contributed by atoms with E-state index in [1.54, 1.807) is 6.20 Å². The Balaban J connectivity index is 1.27. The lowest BCUT2D eigenvalue weighted by Gasteiger charge is -2.26. The fraction of sp³-hybridized carbons (Fsp3) is 0.320. The van der Waals surface area contributed by atoms with Gasteiger partial charge in [-0.25, -0.2) is 0 Å². The first kappa shape index (κ1) is 18.9. The van der Waals surface area contributed by atoms with E-state index in [2.05, 4.69) is 34.1 Å². The van der Waals surface area contributed by atoms with Gasteiger partial charge in [0, 0.05) is 30.5 Å². The molecule has 5 rings (SSSR count). The van der Waals surface area contributed by atoms with Crippen LogP contribution < -0.4 is 14.2 Å². The molecule has 2 aromatic carbocycles. The molecule has 2 aliphatic heterocycles. The first-order chi connectivity index (χ1) is 14.7. The zero-order valence-electron chi connectivity index (χ0n) is 17.2. The Bertz CT molecular complexity index is 1020. The zero-order chi connectivity index (χ0) is 20.3. The van der Waals surface area contributed by atoms with E-state index >= 15 is 0 Å². The Kier molecular flexibility index (Phi) is 5.28. The van der Waals surface area contributed by atoms with Gasteiger partial charge < -0.3 is 14.2 Å². The number of hydrogen-bond acceptors (Lipinski definition) is 5. The number of fused-ring (bicyclic) bond motifs is 1. The molecule has 0 bridgehead atoms. The van der Waals surface area contributed by atoms with Gasteiger partial charge in [0.25, 0.3) is 0 Å². The molecule has 5 heteroatoms. The number of pyridine rings is 1. The summed E-state index contributed by atoms with van der Waals surface area (Å²) in [7, 11) is 0. The molecule has 2 aliphatic rings. The van der Waals surface area contributed by atoms with Crippen molar-refractivity contribution in [3.8, 4) is 23.0 Å². The van der Waals surface area contributed by atoms with Crippen LogP contribution in [0.3, 0.4) is 0 Å².